The van der Waals surface area contributed by atoms with Crippen LogP contribution in [0.2, 0.25) is 5.02 Å². The van der Waals surface area contributed by atoms with E-state index in [1.54, 1.807) is 0 Å². The van der Waals surface area contributed by atoms with Gasteiger partial charge in [0.1, 0.15) is 17.3 Å². The molecule has 1 saturated heterocycles. The number of piperidine rings is 1. The number of likely N-dealkylation sites (tertiary alicyclic amines) is 1. The minimum absolute atomic E-state index is 0.0976. The third-order valence-corrected chi connectivity index (χ3v) is 5.88. The van der Waals surface area contributed by atoms with Crippen molar-refractivity contribution in [1.82, 2.24) is 15.4 Å². The summed E-state index contributed by atoms with van der Waals surface area (Å²) < 4.78 is 32.1. The van der Waals surface area contributed by atoms with Gasteiger partial charge in [-0.1, -0.05) is 28.9 Å². The Morgan fingerprint density at radius 1 is 1.13 bits per heavy atom. The van der Waals surface area contributed by atoms with Crippen LogP contribution in [0.5, 0.6) is 0 Å². The highest BCUT2D eigenvalue weighted by atomic mass is 35.5. The van der Waals surface area contributed by atoms with Crippen LogP contribution in [0, 0.1) is 17.6 Å². The molecule has 0 aliphatic carbocycles. The van der Waals surface area contributed by atoms with Crippen molar-refractivity contribution in [2.75, 3.05) is 19.6 Å². The number of aromatic nitrogens is 1. The summed E-state index contributed by atoms with van der Waals surface area (Å²) in [6.45, 7) is 3.52. The van der Waals surface area contributed by atoms with Gasteiger partial charge in [-0.25, -0.2) is 8.78 Å². The van der Waals surface area contributed by atoms with Gasteiger partial charge in [-0.15, -0.1) is 0 Å². The summed E-state index contributed by atoms with van der Waals surface area (Å²) in [4.78, 5) is 2.41. The van der Waals surface area contributed by atoms with Crippen LogP contribution in [0.3, 0.4) is 0 Å². The Labute approximate surface area is 184 Å². The molecule has 0 radical (unpaired) electrons. The number of rotatable bonds is 7. The van der Waals surface area contributed by atoms with Gasteiger partial charge in [-0.05, 0) is 61.7 Å². The van der Waals surface area contributed by atoms with Gasteiger partial charge >= 0.3 is 0 Å². The number of benzene rings is 2. The second-order valence-corrected chi connectivity index (χ2v) is 8.33. The number of aliphatic hydroxyl groups is 1. The Bertz CT molecular complexity index is 1000. The molecule has 0 spiro atoms. The topological polar surface area (TPSA) is 61.5 Å². The summed E-state index contributed by atoms with van der Waals surface area (Å²) >= 11 is 5.94. The van der Waals surface area contributed by atoms with E-state index in [0.29, 0.717) is 12.5 Å². The van der Waals surface area contributed by atoms with Crippen molar-refractivity contribution in [2.45, 2.75) is 25.6 Å². The molecule has 31 heavy (non-hydrogen) atoms. The van der Waals surface area contributed by atoms with Gasteiger partial charge in [-0.3, -0.25) is 10.2 Å². The van der Waals surface area contributed by atoms with Crippen molar-refractivity contribution in [3.05, 3.63) is 76.4 Å². The van der Waals surface area contributed by atoms with E-state index >= 15 is 0 Å². The van der Waals surface area contributed by atoms with Crippen LogP contribution in [0.25, 0.3) is 11.3 Å². The van der Waals surface area contributed by atoms with Crippen LogP contribution in [-0.4, -0.2) is 34.8 Å². The number of nitrogens with one attached hydrogen (secondary N) is 1. The Kier molecular flexibility index (Phi) is 6.97. The average molecular weight is 448 g/mol. The molecule has 8 heteroatoms. The predicted octanol–water partition coefficient (Wildman–Crippen LogP) is 4.77. The van der Waals surface area contributed by atoms with Gasteiger partial charge in [0.25, 0.3) is 0 Å². The highest BCUT2D eigenvalue weighted by Crippen LogP contribution is 2.26. The molecule has 164 valence electrons. The van der Waals surface area contributed by atoms with E-state index in [2.05, 4.69) is 27.5 Å². The zero-order chi connectivity index (χ0) is 21.8. The van der Waals surface area contributed by atoms with Crippen LogP contribution < -0.4 is 5.32 Å². The maximum absolute atomic E-state index is 13.9. The van der Waals surface area contributed by atoms with E-state index in [1.807, 2.05) is 12.1 Å². The molecule has 1 atom stereocenters. The molecule has 1 aliphatic rings. The number of aliphatic hydroxyl groups excluding tert-OH is 1. The first-order valence-electron chi connectivity index (χ1n) is 10.3. The molecule has 2 aromatic carbocycles. The van der Waals surface area contributed by atoms with Crippen LogP contribution in [0.15, 0.2) is 53.1 Å². The summed E-state index contributed by atoms with van der Waals surface area (Å²) in [6, 6.07) is 12.6. The largest absolute Gasteiger partial charge is 0.373 e. The molecule has 5 nitrogen and oxygen atoms in total. The minimum atomic E-state index is -1.02. The fraction of sp³-hybridized carbons (Fsp3) is 0.348. The van der Waals surface area contributed by atoms with E-state index in [0.717, 1.165) is 49.6 Å². The van der Waals surface area contributed by atoms with Crippen LogP contribution in [0.1, 0.15) is 30.3 Å². The summed E-state index contributed by atoms with van der Waals surface area (Å²) in [6.07, 6.45) is 1.03. The monoisotopic (exact) mass is 447 g/mol. The molecule has 1 unspecified atom stereocenters. The number of halogens is 3. The molecule has 2 N–H and O–H groups in total. The van der Waals surface area contributed by atoms with Gasteiger partial charge in [0, 0.05) is 30.2 Å². The number of hydrogen-bond acceptors (Lipinski definition) is 5. The molecule has 1 aliphatic heterocycles. The zero-order valence-electron chi connectivity index (χ0n) is 16.9. The van der Waals surface area contributed by atoms with Crippen LogP contribution >= 0.6 is 11.6 Å². The zero-order valence-corrected chi connectivity index (χ0v) is 17.7. The van der Waals surface area contributed by atoms with Gasteiger partial charge < -0.3 is 9.63 Å². The lowest BCUT2D eigenvalue weighted by Crippen LogP contribution is -2.37. The van der Waals surface area contributed by atoms with Crippen molar-refractivity contribution in [2.24, 2.45) is 5.92 Å². The molecule has 3 aromatic rings. The van der Waals surface area contributed by atoms with E-state index in [1.165, 1.54) is 17.7 Å². The second-order valence-electron chi connectivity index (χ2n) is 7.90. The highest BCUT2D eigenvalue weighted by molar-refractivity contribution is 6.30. The van der Waals surface area contributed by atoms with E-state index in [4.69, 9.17) is 16.1 Å². The predicted molar refractivity (Wildman–Crippen MR) is 114 cm³/mol. The lowest BCUT2D eigenvalue weighted by molar-refractivity contribution is 0.110. The van der Waals surface area contributed by atoms with Crippen molar-refractivity contribution < 1.29 is 18.4 Å². The highest BCUT2D eigenvalue weighted by Gasteiger charge is 2.22. The first-order valence-corrected chi connectivity index (χ1v) is 10.7. The van der Waals surface area contributed by atoms with Crippen molar-refractivity contribution in [3.63, 3.8) is 0 Å². The molecule has 0 amide bonds. The van der Waals surface area contributed by atoms with Gasteiger partial charge in [0.05, 0.1) is 5.56 Å². The van der Waals surface area contributed by atoms with E-state index < -0.39 is 17.9 Å². The first kappa shape index (κ1) is 21.9. The second kappa shape index (κ2) is 9.87. The minimum Gasteiger partial charge on any atom is -0.373 e. The van der Waals surface area contributed by atoms with Gasteiger partial charge in [-0.2, -0.15) is 0 Å². The molecule has 0 bridgehead atoms. The quantitative estimate of drug-likeness (QED) is 0.511. The Morgan fingerprint density at radius 3 is 2.58 bits per heavy atom. The first-order chi connectivity index (χ1) is 15.0. The van der Waals surface area contributed by atoms with Gasteiger partial charge in [0.2, 0.25) is 0 Å². The summed E-state index contributed by atoms with van der Waals surface area (Å²) in [5, 5.41) is 18.0. The maximum Gasteiger partial charge on any atom is 0.170 e. The molecule has 2 heterocycles. The molecule has 0 saturated carbocycles. The van der Waals surface area contributed by atoms with E-state index in [9.17, 15) is 13.9 Å². The summed E-state index contributed by atoms with van der Waals surface area (Å²) in [5.41, 5.74) is 1.61. The van der Waals surface area contributed by atoms with Crippen LogP contribution in [-0.2, 0) is 6.54 Å². The Balaban J connectivity index is 1.25. The normalized spacial score (nSPS) is 16.5. The summed E-state index contributed by atoms with van der Waals surface area (Å²) in [5.74, 6) is -0.821. The smallest absolute Gasteiger partial charge is 0.170 e. The molecule has 1 aromatic heterocycles. The van der Waals surface area contributed by atoms with Crippen LogP contribution in [0.4, 0.5) is 8.78 Å². The van der Waals surface area contributed by atoms with Crippen molar-refractivity contribution >= 4 is 11.6 Å². The SMILES string of the molecule is OC(NCC1CCN(Cc2ccc(Cl)cc2)CC1)c1cc(-c2ccc(F)cc2F)on1. The lowest BCUT2D eigenvalue weighted by atomic mass is 9.96. The third-order valence-electron chi connectivity index (χ3n) is 5.63. The molecule has 4 rings (SSSR count). The van der Waals surface area contributed by atoms with Gasteiger partial charge in [0.15, 0.2) is 12.0 Å². The third kappa shape index (κ3) is 5.68. The van der Waals surface area contributed by atoms with Crippen molar-refractivity contribution in [1.29, 1.82) is 0 Å². The number of nitrogens with zero attached hydrogens (tertiary/aromatic N) is 2. The average Bonchev–Trinajstić information content (AvgIpc) is 3.25. The lowest BCUT2D eigenvalue weighted by Gasteiger charge is -2.32. The molecular formula is C23H24ClF2N3O2. The summed E-state index contributed by atoms with van der Waals surface area (Å²) in [7, 11) is 0. The fourth-order valence-electron chi connectivity index (χ4n) is 3.81. The molecular weight excluding hydrogens is 424 g/mol. The maximum atomic E-state index is 13.9. The molecule has 1 fully saturated rings. The van der Waals surface area contributed by atoms with E-state index in [-0.39, 0.29) is 17.0 Å². The Morgan fingerprint density at radius 2 is 1.87 bits per heavy atom. The Hall–Kier alpha value is -2.32. The number of hydrogen-bond donors (Lipinski definition) is 2. The standard InChI is InChI=1S/C23H24ClF2N3O2/c24-17-3-1-16(2-4-17)14-29-9-7-15(8-10-29)13-27-23(30)21-12-22(31-28-21)19-6-5-18(25)11-20(19)26/h1-6,11-12,15,23,27,30H,7-10,13-14H2. The fourth-order valence-corrected chi connectivity index (χ4v) is 3.94. The van der Waals surface area contributed by atoms with Crippen molar-refractivity contribution in [3.8, 4) is 11.3 Å².